The SMILES string of the molecule is CC(C)Oc1ccc(/C=N\NC(=O)c2ccccc2O)c(O)c1. The van der Waals surface area contributed by atoms with E-state index in [-0.39, 0.29) is 23.2 Å². The maximum atomic E-state index is 11.8. The predicted molar refractivity (Wildman–Crippen MR) is 87.0 cm³/mol. The van der Waals surface area contributed by atoms with E-state index in [1.807, 2.05) is 13.8 Å². The molecule has 0 aliphatic heterocycles. The molecule has 0 radical (unpaired) electrons. The molecule has 0 aromatic heterocycles. The van der Waals surface area contributed by atoms with E-state index < -0.39 is 5.91 Å². The lowest BCUT2D eigenvalue weighted by molar-refractivity contribution is 0.0952. The van der Waals surface area contributed by atoms with Gasteiger partial charge in [-0.1, -0.05) is 12.1 Å². The van der Waals surface area contributed by atoms with Crippen molar-refractivity contribution in [3.63, 3.8) is 0 Å². The van der Waals surface area contributed by atoms with Crippen LogP contribution in [-0.2, 0) is 0 Å². The van der Waals surface area contributed by atoms with Crippen LogP contribution in [0, 0.1) is 0 Å². The summed E-state index contributed by atoms with van der Waals surface area (Å²) in [5, 5.41) is 23.3. The van der Waals surface area contributed by atoms with Crippen LogP contribution in [0.2, 0.25) is 0 Å². The standard InChI is InChI=1S/C17H18N2O4/c1-11(2)23-13-8-7-12(16(21)9-13)10-18-19-17(22)14-5-3-4-6-15(14)20/h3-11,20-21H,1-2H3,(H,19,22)/b18-10-. The summed E-state index contributed by atoms with van der Waals surface area (Å²) in [7, 11) is 0. The number of nitrogens with zero attached hydrogens (tertiary/aromatic N) is 1. The molecule has 0 unspecified atom stereocenters. The molecule has 2 aromatic carbocycles. The highest BCUT2D eigenvalue weighted by molar-refractivity contribution is 5.97. The van der Waals surface area contributed by atoms with Gasteiger partial charge in [-0.3, -0.25) is 4.79 Å². The minimum Gasteiger partial charge on any atom is -0.507 e. The Labute approximate surface area is 134 Å². The van der Waals surface area contributed by atoms with E-state index in [1.54, 1.807) is 24.3 Å². The summed E-state index contributed by atoms with van der Waals surface area (Å²) in [5.41, 5.74) is 2.84. The van der Waals surface area contributed by atoms with Crippen LogP contribution in [0.4, 0.5) is 0 Å². The Kier molecular flexibility index (Phi) is 5.19. The third-order valence-electron chi connectivity index (χ3n) is 2.89. The second-order valence-electron chi connectivity index (χ2n) is 5.10. The summed E-state index contributed by atoms with van der Waals surface area (Å²) in [6.07, 6.45) is 1.32. The van der Waals surface area contributed by atoms with Crippen LogP contribution >= 0.6 is 0 Å². The summed E-state index contributed by atoms with van der Waals surface area (Å²) in [4.78, 5) is 11.8. The number of hydrogen-bond donors (Lipinski definition) is 3. The number of amides is 1. The van der Waals surface area contributed by atoms with Crippen molar-refractivity contribution in [2.45, 2.75) is 20.0 Å². The molecule has 1 amide bonds. The third kappa shape index (κ3) is 4.47. The monoisotopic (exact) mass is 314 g/mol. The van der Waals surface area contributed by atoms with E-state index in [1.165, 1.54) is 24.4 Å². The lowest BCUT2D eigenvalue weighted by atomic mass is 10.2. The smallest absolute Gasteiger partial charge is 0.275 e. The van der Waals surface area contributed by atoms with Crippen molar-refractivity contribution in [2.24, 2.45) is 5.10 Å². The lowest BCUT2D eigenvalue weighted by Gasteiger charge is -2.10. The van der Waals surface area contributed by atoms with Crippen LogP contribution < -0.4 is 10.2 Å². The van der Waals surface area contributed by atoms with Gasteiger partial charge in [-0.25, -0.2) is 5.43 Å². The number of phenols is 2. The van der Waals surface area contributed by atoms with Gasteiger partial charge in [-0.05, 0) is 38.1 Å². The van der Waals surface area contributed by atoms with E-state index >= 15 is 0 Å². The van der Waals surface area contributed by atoms with Crippen LogP contribution in [0.3, 0.4) is 0 Å². The molecule has 2 aromatic rings. The number of nitrogens with one attached hydrogen (secondary N) is 1. The van der Waals surface area contributed by atoms with Crippen LogP contribution in [0.15, 0.2) is 47.6 Å². The van der Waals surface area contributed by atoms with Gasteiger partial charge in [0.25, 0.3) is 5.91 Å². The molecule has 3 N–H and O–H groups in total. The maximum Gasteiger partial charge on any atom is 0.275 e. The van der Waals surface area contributed by atoms with Crippen molar-refractivity contribution < 1.29 is 19.7 Å². The molecular weight excluding hydrogens is 296 g/mol. The number of rotatable bonds is 5. The van der Waals surface area contributed by atoms with Gasteiger partial charge in [0.2, 0.25) is 0 Å². The van der Waals surface area contributed by atoms with E-state index in [9.17, 15) is 15.0 Å². The normalized spacial score (nSPS) is 10.9. The summed E-state index contributed by atoms with van der Waals surface area (Å²) >= 11 is 0. The number of carbonyl (C=O) groups excluding carboxylic acids is 1. The average molecular weight is 314 g/mol. The van der Waals surface area contributed by atoms with Crippen LogP contribution in [0.25, 0.3) is 0 Å². The fourth-order valence-electron chi connectivity index (χ4n) is 1.86. The topological polar surface area (TPSA) is 91.2 Å². The van der Waals surface area contributed by atoms with Gasteiger partial charge in [0.05, 0.1) is 17.9 Å². The van der Waals surface area contributed by atoms with Crippen molar-refractivity contribution >= 4 is 12.1 Å². The molecular formula is C17H18N2O4. The summed E-state index contributed by atoms with van der Waals surface area (Å²) in [5.74, 6) is -0.131. The Morgan fingerprint density at radius 3 is 2.57 bits per heavy atom. The zero-order valence-electron chi connectivity index (χ0n) is 12.9. The van der Waals surface area contributed by atoms with Crippen LogP contribution in [0.5, 0.6) is 17.2 Å². The number of hydrogen-bond acceptors (Lipinski definition) is 5. The first-order valence-corrected chi connectivity index (χ1v) is 7.08. The molecule has 6 nitrogen and oxygen atoms in total. The van der Waals surface area contributed by atoms with Crippen LogP contribution in [-0.4, -0.2) is 28.4 Å². The highest BCUT2D eigenvalue weighted by Crippen LogP contribution is 2.23. The van der Waals surface area contributed by atoms with Gasteiger partial charge in [-0.15, -0.1) is 0 Å². The van der Waals surface area contributed by atoms with E-state index in [4.69, 9.17) is 4.74 Å². The lowest BCUT2D eigenvalue weighted by Crippen LogP contribution is -2.17. The molecule has 0 fully saturated rings. The van der Waals surface area contributed by atoms with E-state index in [2.05, 4.69) is 10.5 Å². The Bertz CT molecular complexity index is 726. The number of benzene rings is 2. The molecule has 0 aliphatic carbocycles. The third-order valence-corrected chi connectivity index (χ3v) is 2.89. The fourth-order valence-corrected chi connectivity index (χ4v) is 1.86. The highest BCUT2D eigenvalue weighted by Gasteiger charge is 2.09. The first-order valence-electron chi connectivity index (χ1n) is 7.08. The van der Waals surface area contributed by atoms with Gasteiger partial charge >= 0.3 is 0 Å². The maximum absolute atomic E-state index is 11.8. The molecule has 0 spiro atoms. The number of para-hydroxylation sites is 1. The fraction of sp³-hybridized carbons (Fsp3) is 0.176. The van der Waals surface area contributed by atoms with Crippen molar-refractivity contribution in [3.8, 4) is 17.2 Å². The summed E-state index contributed by atoms with van der Waals surface area (Å²) < 4.78 is 5.46. The number of ether oxygens (including phenoxy) is 1. The van der Waals surface area contributed by atoms with Crippen molar-refractivity contribution in [3.05, 3.63) is 53.6 Å². The Morgan fingerprint density at radius 2 is 1.91 bits per heavy atom. The zero-order valence-corrected chi connectivity index (χ0v) is 12.9. The number of aromatic hydroxyl groups is 2. The van der Waals surface area contributed by atoms with Crippen molar-refractivity contribution in [2.75, 3.05) is 0 Å². The van der Waals surface area contributed by atoms with E-state index in [0.29, 0.717) is 11.3 Å². The minimum absolute atomic E-state index is 0.00625. The Hall–Kier alpha value is -3.02. The van der Waals surface area contributed by atoms with Gasteiger partial charge in [0, 0.05) is 11.6 Å². The second kappa shape index (κ2) is 7.31. The van der Waals surface area contributed by atoms with E-state index in [0.717, 1.165) is 0 Å². The number of carbonyl (C=O) groups is 1. The predicted octanol–water partition coefficient (Wildman–Crippen LogP) is 2.65. The highest BCUT2D eigenvalue weighted by atomic mass is 16.5. The molecule has 0 saturated carbocycles. The Balaban J connectivity index is 2.03. The first-order chi connectivity index (χ1) is 11.0. The van der Waals surface area contributed by atoms with Gasteiger partial charge in [-0.2, -0.15) is 5.10 Å². The molecule has 0 atom stereocenters. The van der Waals surface area contributed by atoms with Gasteiger partial charge in [0.15, 0.2) is 0 Å². The quantitative estimate of drug-likeness (QED) is 0.584. The van der Waals surface area contributed by atoms with Gasteiger partial charge < -0.3 is 14.9 Å². The van der Waals surface area contributed by atoms with Gasteiger partial charge in [0.1, 0.15) is 17.2 Å². The summed E-state index contributed by atoms with van der Waals surface area (Å²) in [6.45, 7) is 3.78. The first kappa shape index (κ1) is 16.4. The number of phenolic OH excluding ortho intramolecular Hbond substituents is 2. The number of hydrazone groups is 1. The molecule has 0 saturated heterocycles. The molecule has 23 heavy (non-hydrogen) atoms. The molecule has 6 heteroatoms. The Morgan fingerprint density at radius 1 is 1.17 bits per heavy atom. The largest absolute Gasteiger partial charge is 0.507 e. The summed E-state index contributed by atoms with van der Waals surface area (Å²) in [6, 6.07) is 11.0. The second-order valence-corrected chi connectivity index (χ2v) is 5.10. The molecule has 120 valence electrons. The molecule has 0 bridgehead atoms. The van der Waals surface area contributed by atoms with Crippen LogP contribution in [0.1, 0.15) is 29.8 Å². The minimum atomic E-state index is -0.543. The van der Waals surface area contributed by atoms with Crippen molar-refractivity contribution in [1.82, 2.24) is 5.43 Å². The average Bonchev–Trinajstić information content (AvgIpc) is 2.49. The van der Waals surface area contributed by atoms with Crippen molar-refractivity contribution in [1.29, 1.82) is 0 Å². The molecule has 0 heterocycles. The molecule has 2 rings (SSSR count). The zero-order chi connectivity index (χ0) is 16.8. The molecule has 0 aliphatic rings.